The minimum absolute atomic E-state index is 0.00501. The zero-order valence-electron chi connectivity index (χ0n) is 15.6. The number of halogens is 6. The van der Waals surface area contributed by atoms with Crippen LogP contribution in [0, 0.1) is 5.92 Å². The zero-order valence-corrected chi connectivity index (χ0v) is 15.6. The predicted octanol–water partition coefficient (Wildman–Crippen LogP) is 3.38. The van der Waals surface area contributed by atoms with E-state index < -0.39 is 47.9 Å². The summed E-state index contributed by atoms with van der Waals surface area (Å²) in [7, 11) is 1.27. The Morgan fingerprint density at radius 3 is 2.45 bits per heavy atom. The van der Waals surface area contributed by atoms with Gasteiger partial charge < -0.3 is 10.2 Å². The van der Waals surface area contributed by atoms with E-state index in [1.807, 2.05) is 0 Å². The van der Waals surface area contributed by atoms with Crippen molar-refractivity contribution in [3.05, 3.63) is 29.8 Å². The summed E-state index contributed by atoms with van der Waals surface area (Å²) >= 11 is 0. The lowest BCUT2D eigenvalue weighted by Crippen LogP contribution is -2.47. The Morgan fingerprint density at radius 1 is 1.17 bits per heavy atom. The van der Waals surface area contributed by atoms with Crippen LogP contribution in [0.1, 0.15) is 18.4 Å². The second kappa shape index (κ2) is 9.02. The van der Waals surface area contributed by atoms with Crippen molar-refractivity contribution in [2.45, 2.75) is 25.2 Å². The van der Waals surface area contributed by atoms with Gasteiger partial charge in [-0.2, -0.15) is 26.3 Å². The van der Waals surface area contributed by atoms with E-state index in [0.717, 1.165) is 17.0 Å². The monoisotopic (exact) mass is 425 g/mol. The first kappa shape index (κ1) is 23.0. The smallest absolute Gasteiger partial charge is 0.335 e. The number of amides is 2. The van der Waals surface area contributed by atoms with Gasteiger partial charge in [-0.25, -0.2) is 0 Å². The van der Waals surface area contributed by atoms with Crippen molar-refractivity contribution in [3.63, 3.8) is 0 Å². The lowest BCUT2D eigenvalue weighted by Gasteiger charge is -2.34. The Kier molecular flexibility index (Phi) is 7.15. The molecule has 1 saturated heterocycles. The molecule has 0 aliphatic carbocycles. The number of likely N-dealkylation sites (N-methyl/N-ethyl adjacent to an activating group) is 1. The Balaban J connectivity index is 1.91. The van der Waals surface area contributed by atoms with Crippen molar-refractivity contribution in [2.75, 3.05) is 38.5 Å². The fourth-order valence-electron chi connectivity index (χ4n) is 3.11. The Morgan fingerprint density at radius 2 is 1.83 bits per heavy atom. The molecule has 0 bridgehead atoms. The van der Waals surface area contributed by atoms with Gasteiger partial charge in [0.25, 0.3) is 0 Å². The molecule has 11 heteroatoms. The molecule has 1 aliphatic rings. The van der Waals surface area contributed by atoms with Gasteiger partial charge in [0.15, 0.2) is 0 Å². The van der Waals surface area contributed by atoms with Crippen LogP contribution in [0.2, 0.25) is 0 Å². The number of carbonyl (C=O) groups is 2. The summed E-state index contributed by atoms with van der Waals surface area (Å²) in [6.45, 7) is -0.789. The van der Waals surface area contributed by atoms with Crippen molar-refractivity contribution in [1.82, 2.24) is 9.80 Å². The fourth-order valence-corrected chi connectivity index (χ4v) is 3.11. The van der Waals surface area contributed by atoms with Crippen LogP contribution in [0.3, 0.4) is 0 Å². The number of likely N-dealkylation sites (tertiary alicyclic amines) is 1. The Bertz CT molecular complexity index is 735. The number of rotatable bonds is 5. The van der Waals surface area contributed by atoms with Crippen LogP contribution >= 0.6 is 0 Å². The highest BCUT2D eigenvalue weighted by molar-refractivity contribution is 5.95. The molecular formula is C18H21F6N3O2. The number of hydrogen-bond donors (Lipinski definition) is 1. The average molecular weight is 425 g/mol. The van der Waals surface area contributed by atoms with Crippen molar-refractivity contribution in [2.24, 2.45) is 5.92 Å². The zero-order chi connectivity index (χ0) is 21.8. The van der Waals surface area contributed by atoms with E-state index in [2.05, 4.69) is 5.32 Å². The summed E-state index contributed by atoms with van der Waals surface area (Å²) in [5.74, 6) is -2.94. The molecule has 0 unspecified atom stereocenters. The number of anilines is 1. The van der Waals surface area contributed by atoms with Crippen LogP contribution in [0.4, 0.5) is 32.0 Å². The van der Waals surface area contributed by atoms with Gasteiger partial charge >= 0.3 is 12.4 Å². The van der Waals surface area contributed by atoms with Crippen molar-refractivity contribution < 1.29 is 35.9 Å². The third-order valence-electron chi connectivity index (χ3n) is 4.64. The molecule has 0 radical (unpaired) electrons. The molecular weight excluding hydrogens is 404 g/mol. The summed E-state index contributed by atoms with van der Waals surface area (Å²) < 4.78 is 77.4. The molecule has 29 heavy (non-hydrogen) atoms. The fraction of sp³-hybridized carbons (Fsp3) is 0.556. The minimum atomic E-state index is -4.66. The number of piperidine rings is 1. The quantitative estimate of drug-likeness (QED) is 0.736. The van der Waals surface area contributed by atoms with Crippen LogP contribution in [0.15, 0.2) is 24.3 Å². The highest BCUT2D eigenvalue weighted by Crippen LogP contribution is 2.35. The van der Waals surface area contributed by atoms with Crippen LogP contribution in [0.25, 0.3) is 0 Å². The molecule has 1 heterocycles. The third kappa shape index (κ3) is 6.62. The summed E-state index contributed by atoms with van der Waals surface area (Å²) in [6, 6.07) is 4.42. The predicted molar refractivity (Wildman–Crippen MR) is 92.9 cm³/mol. The second-order valence-electron chi connectivity index (χ2n) is 6.96. The molecule has 1 aromatic carbocycles. The lowest BCUT2D eigenvalue weighted by molar-refractivity contribution is -0.187. The maximum atomic E-state index is 13.0. The van der Waals surface area contributed by atoms with E-state index in [1.165, 1.54) is 24.1 Å². The summed E-state index contributed by atoms with van der Waals surface area (Å²) in [5.41, 5.74) is -1.45. The van der Waals surface area contributed by atoms with Crippen LogP contribution in [-0.4, -0.2) is 61.0 Å². The van der Waals surface area contributed by atoms with E-state index in [0.29, 0.717) is 13.0 Å². The van der Waals surface area contributed by atoms with E-state index in [4.69, 9.17) is 0 Å². The van der Waals surface area contributed by atoms with Gasteiger partial charge in [0.2, 0.25) is 11.8 Å². The van der Waals surface area contributed by atoms with Gasteiger partial charge in [-0.3, -0.25) is 14.5 Å². The molecule has 162 valence electrons. The number of carbonyl (C=O) groups excluding carboxylic acids is 2. The second-order valence-corrected chi connectivity index (χ2v) is 6.96. The summed E-state index contributed by atoms with van der Waals surface area (Å²) in [4.78, 5) is 26.6. The van der Waals surface area contributed by atoms with E-state index in [9.17, 15) is 35.9 Å². The first-order valence-corrected chi connectivity index (χ1v) is 8.87. The van der Waals surface area contributed by atoms with Crippen molar-refractivity contribution in [3.8, 4) is 0 Å². The largest absolute Gasteiger partial charge is 0.418 e. The lowest BCUT2D eigenvalue weighted by atomic mass is 9.97. The molecule has 2 amide bonds. The molecule has 1 N–H and O–H groups in total. The average Bonchev–Trinajstić information content (AvgIpc) is 2.60. The summed E-state index contributed by atoms with van der Waals surface area (Å²) in [5, 5.41) is 2.12. The van der Waals surface area contributed by atoms with E-state index in [1.54, 1.807) is 0 Å². The number of hydrogen-bond acceptors (Lipinski definition) is 3. The molecule has 1 aromatic rings. The third-order valence-corrected chi connectivity index (χ3v) is 4.64. The molecule has 1 aliphatic heterocycles. The van der Waals surface area contributed by atoms with Crippen molar-refractivity contribution >= 4 is 17.5 Å². The maximum Gasteiger partial charge on any atom is 0.418 e. The van der Waals surface area contributed by atoms with Gasteiger partial charge in [0.05, 0.1) is 30.3 Å². The topological polar surface area (TPSA) is 52.7 Å². The van der Waals surface area contributed by atoms with Gasteiger partial charge in [-0.1, -0.05) is 12.1 Å². The van der Waals surface area contributed by atoms with Crippen LogP contribution < -0.4 is 5.32 Å². The standard InChI is InChI=1S/C18H21F6N3O2/c1-26(16(29)11-27-8-4-5-12(9-27)17(19,20)21)10-15(28)25-14-7-3-2-6-13(14)18(22,23)24/h2-3,6-7,12H,4-5,8-11H2,1H3,(H,25,28)/t12-/m1/s1. The molecule has 0 saturated carbocycles. The Labute approximate surface area is 163 Å². The molecule has 2 rings (SSSR count). The molecule has 0 spiro atoms. The first-order valence-electron chi connectivity index (χ1n) is 8.87. The molecule has 0 aromatic heterocycles. The first-order chi connectivity index (χ1) is 13.4. The minimum Gasteiger partial charge on any atom is -0.335 e. The van der Waals surface area contributed by atoms with Gasteiger partial charge in [0, 0.05) is 13.6 Å². The normalized spacial score (nSPS) is 18.4. The van der Waals surface area contributed by atoms with E-state index in [-0.39, 0.29) is 19.5 Å². The number of benzene rings is 1. The number of nitrogens with zero attached hydrogens (tertiary/aromatic N) is 2. The van der Waals surface area contributed by atoms with Gasteiger partial charge in [-0.05, 0) is 31.5 Å². The molecule has 1 fully saturated rings. The van der Waals surface area contributed by atoms with Crippen LogP contribution in [-0.2, 0) is 15.8 Å². The molecule has 5 nitrogen and oxygen atoms in total. The van der Waals surface area contributed by atoms with Gasteiger partial charge in [0.1, 0.15) is 0 Å². The molecule has 1 atom stereocenters. The van der Waals surface area contributed by atoms with Crippen molar-refractivity contribution in [1.29, 1.82) is 0 Å². The highest BCUT2D eigenvalue weighted by atomic mass is 19.4. The highest BCUT2D eigenvalue weighted by Gasteiger charge is 2.42. The maximum absolute atomic E-state index is 13.0. The number of alkyl halides is 6. The van der Waals surface area contributed by atoms with Crippen LogP contribution in [0.5, 0.6) is 0 Å². The van der Waals surface area contributed by atoms with E-state index >= 15 is 0 Å². The Hall–Kier alpha value is -2.30. The van der Waals surface area contributed by atoms with Gasteiger partial charge in [-0.15, -0.1) is 0 Å². The SMILES string of the molecule is CN(CC(=O)Nc1ccccc1C(F)(F)F)C(=O)CN1CCC[C@@H](C(F)(F)F)C1. The number of nitrogens with one attached hydrogen (secondary N) is 1. The summed E-state index contributed by atoms with van der Waals surface area (Å²) in [6.07, 6.45) is -8.69. The number of para-hydroxylation sites is 1.